The van der Waals surface area contributed by atoms with Crippen molar-refractivity contribution in [2.75, 3.05) is 0 Å². The fourth-order valence-electron chi connectivity index (χ4n) is 3.56. The summed E-state index contributed by atoms with van der Waals surface area (Å²) in [6.45, 7) is 3.64. The van der Waals surface area contributed by atoms with Gasteiger partial charge < -0.3 is 7.58 Å². The molecule has 0 bridgehead atoms. The van der Waals surface area contributed by atoms with Crippen LogP contribution in [0.5, 0.6) is 0 Å². The second kappa shape index (κ2) is 11.0. The lowest BCUT2D eigenvalue weighted by Gasteiger charge is -2.15. The summed E-state index contributed by atoms with van der Waals surface area (Å²) in [6, 6.07) is 23.9. The number of hydrogen-bond acceptors (Lipinski definition) is 6. The first kappa shape index (κ1) is 23.5. The highest BCUT2D eigenvalue weighted by molar-refractivity contribution is 7.11. The van der Waals surface area contributed by atoms with Crippen molar-refractivity contribution in [1.29, 1.82) is 0 Å². The van der Waals surface area contributed by atoms with Crippen LogP contribution < -0.4 is 0 Å². The molecule has 2 aromatic carbocycles. The Hall–Kier alpha value is -2.69. The third kappa shape index (κ3) is 5.46. The van der Waals surface area contributed by atoms with E-state index < -0.39 is 27.7 Å². The number of benzene rings is 2. The molecule has 0 aliphatic carbocycles. The molecule has 2 aromatic heterocycles. The molecule has 4 nitrogen and oxygen atoms in total. The molecular formula is C26H22AlO4S2. The van der Waals surface area contributed by atoms with Crippen molar-refractivity contribution in [1.82, 2.24) is 0 Å². The van der Waals surface area contributed by atoms with Gasteiger partial charge in [-0.15, -0.1) is 22.7 Å². The quantitative estimate of drug-likeness (QED) is 0.259. The summed E-state index contributed by atoms with van der Waals surface area (Å²) in [4.78, 5) is 27.2. The average Bonchev–Trinajstić information content (AvgIpc) is 3.54. The molecule has 0 spiro atoms. The van der Waals surface area contributed by atoms with E-state index in [1.54, 1.807) is 0 Å². The summed E-state index contributed by atoms with van der Waals surface area (Å²) in [6.07, 6.45) is 0. The van der Waals surface area contributed by atoms with Gasteiger partial charge in [0.2, 0.25) is 0 Å². The van der Waals surface area contributed by atoms with Crippen molar-refractivity contribution in [3.8, 4) is 22.3 Å². The molecular weight excluding hydrogens is 467 g/mol. The molecule has 0 saturated heterocycles. The van der Waals surface area contributed by atoms with Gasteiger partial charge in [0.1, 0.15) is 0 Å². The molecule has 0 N–H and O–H groups in total. The van der Waals surface area contributed by atoms with Gasteiger partial charge in [-0.3, -0.25) is 9.59 Å². The van der Waals surface area contributed by atoms with E-state index in [1.807, 2.05) is 97.4 Å². The molecule has 7 heteroatoms. The zero-order valence-corrected chi connectivity index (χ0v) is 21.1. The molecule has 2 atom stereocenters. The maximum Gasteiger partial charge on any atom is 0.885 e. The zero-order valence-electron chi connectivity index (χ0n) is 18.3. The van der Waals surface area contributed by atoms with Crippen LogP contribution in [0.15, 0.2) is 83.6 Å². The van der Waals surface area contributed by atoms with Crippen LogP contribution in [0.1, 0.15) is 35.4 Å². The summed E-state index contributed by atoms with van der Waals surface area (Å²) in [5.74, 6) is -1.64. The summed E-state index contributed by atoms with van der Waals surface area (Å²) >= 11 is 1.82. The summed E-state index contributed by atoms with van der Waals surface area (Å²) < 4.78 is 10.8. The van der Waals surface area contributed by atoms with Gasteiger partial charge in [0.25, 0.3) is 11.9 Å². The minimum absolute atomic E-state index is 0.383. The van der Waals surface area contributed by atoms with Crippen molar-refractivity contribution >= 4 is 50.5 Å². The van der Waals surface area contributed by atoms with Gasteiger partial charge in [-0.2, -0.15) is 0 Å². The third-order valence-corrected chi connectivity index (χ3v) is 8.24. The van der Waals surface area contributed by atoms with E-state index in [1.165, 1.54) is 22.7 Å². The van der Waals surface area contributed by atoms with E-state index in [0.29, 0.717) is 0 Å². The molecule has 2 heterocycles. The van der Waals surface area contributed by atoms with Crippen LogP contribution in [0.25, 0.3) is 22.3 Å². The number of carbonyl (C=O) groups excluding carboxylic acids is 2. The van der Waals surface area contributed by atoms with Crippen LogP contribution in [0.4, 0.5) is 0 Å². The Bertz CT molecular complexity index is 1120. The van der Waals surface area contributed by atoms with Crippen LogP contribution in [0.3, 0.4) is 0 Å². The van der Waals surface area contributed by atoms with Crippen molar-refractivity contribution in [3.05, 3.63) is 93.3 Å². The second-order valence-corrected chi connectivity index (χ2v) is 10.1. The van der Waals surface area contributed by atoms with E-state index in [4.69, 9.17) is 7.58 Å². The Morgan fingerprint density at radius 3 is 1.45 bits per heavy atom. The molecule has 0 saturated carbocycles. The predicted octanol–water partition coefficient (Wildman–Crippen LogP) is 6.67. The normalized spacial score (nSPS) is 12.5. The Labute approximate surface area is 208 Å². The van der Waals surface area contributed by atoms with Gasteiger partial charge in [0, 0.05) is 9.75 Å². The maximum atomic E-state index is 12.7. The molecule has 2 unspecified atom stereocenters. The SMILES string of the molecule is CC(C(=O)[O][Al][O]C(=O)C(C)c1sccc1-c1ccccc1)c1sccc1-c1ccccc1. The van der Waals surface area contributed by atoms with Crippen molar-refractivity contribution in [2.45, 2.75) is 25.7 Å². The number of carbonyl (C=O) groups is 2. The number of thiophene rings is 2. The molecule has 33 heavy (non-hydrogen) atoms. The van der Waals surface area contributed by atoms with Crippen LogP contribution in [-0.4, -0.2) is 27.8 Å². The predicted molar refractivity (Wildman–Crippen MR) is 134 cm³/mol. The Morgan fingerprint density at radius 1 is 0.667 bits per heavy atom. The average molecular weight is 490 g/mol. The first-order valence-electron chi connectivity index (χ1n) is 10.5. The van der Waals surface area contributed by atoms with Crippen molar-refractivity contribution < 1.29 is 17.2 Å². The van der Waals surface area contributed by atoms with Crippen molar-refractivity contribution in [2.24, 2.45) is 0 Å². The van der Waals surface area contributed by atoms with Gasteiger partial charge in [-0.1, -0.05) is 60.7 Å². The third-order valence-electron chi connectivity index (χ3n) is 5.38. The fourth-order valence-corrected chi connectivity index (χ4v) is 6.14. The van der Waals surface area contributed by atoms with Gasteiger partial charge in [0.05, 0.1) is 11.8 Å². The van der Waals surface area contributed by atoms with E-state index in [-0.39, 0.29) is 11.9 Å². The molecule has 0 amide bonds. The second-order valence-electron chi connectivity index (χ2n) is 7.54. The molecule has 0 aliphatic heterocycles. The highest BCUT2D eigenvalue weighted by Crippen LogP contribution is 2.35. The maximum absolute atomic E-state index is 12.7. The van der Waals surface area contributed by atoms with E-state index in [9.17, 15) is 9.59 Å². The number of rotatable bonds is 8. The zero-order chi connectivity index (χ0) is 23.2. The standard InChI is InChI=1S/2C13H12O2S.Al/c2*1-9(13(14)15)12-11(7-8-16-12)10-5-3-2-4-6-10;/h2*2-9H,1H3,(H,14,15);/q;;+2/p-2. The first-order chi connectivity index (χ1) is 16.1. The molecule has 4 rings (SSSR count). The fraction of sp³-hybridized carbons (Fsp3) is 0.154. The Morgan fingerprint density at radius 2 is 1.06 bits per heavy atom. The lowest BCUT2D eigenvalue weighted by atomic mass is 10.0. The lowest BCUT2D eigenvalue weighted by Crippen LogP contribution is -2.22. The van der Waals surface area contributed by atoms with Crippen LogP contribution in [0, 0.1) is 0 Å². The molecule has 0 aliphatic rings. The first-order valence-corrected chi connectivity index (χ1v) is 13.2. The summed E-state index contributed by atoms with van der Waals surface area (Å²) in [5, 5.41) is 3.95. The minimum atomic E-state index is -1.23. The largest absolute Gasteiger partial charge is 0.885 e. The van der Waals surface area contributed by atoms with Gasteiger partial charge in [-0.25, -0.2) is 0 Å². The Kier molecular flexibility index (Phi) is 7.79. The van der Waals surface area contributed by atoms with E-state index in [2.05, 4.69) is 0 Å². The van der Waals surface area contributed by atoms with Crippen LogP contribution >= 0.6 is 22.7 Å². The van der Waals surface area contributed by atoms with Gasteiger partial charge >= 0.3 is 15.9 Å². The Balaban J connectivity index is 1.35. The monoisotopic (exact) mass is 489 g/mol. The lowest BCUT2D eigenvalue weighted by molar-refractivity contribution is -0.140. The molecule has 165 valence electrons. The topological polar surface area (TPSA) is 52.6 Å². The van der Waals surface area contributed by atoms with Crippen LogP contribution in [0.2, 0.25) is 0 Å². The minimum Gasteiger partial charge on any atom is -0.589 e. The number of hydrogen-bond donors (Lipinski definition) is 0. The summed E-state index contributed by atoms with van der Waals surface area (Å²) in [7, 11) is 0. The van der Waals surface area contributed by atoms with Crippen molar-refractivity contribution in [3.63, 3.8) is 0 Å². The molecule has 0 fully saturated rings. The molecule has 1 radical (unpaired) electrons. The van der Waals surface area contributed by atoms with E-state index in [0.717, 1.165) is 32.0 Å². The smallest absolute Gasteiger partial charge is 0.589 e. The van der Waals surface area contributed by atoms with Gasteiger partial charge in [0.15, 0.2) is 0 Å². The highest BCUT2D eigenvalue weighted by atomic mass is 32.1. The summed E-state index contributed by atoms with van der Waals surface area (Å²) in [5.41, 5.74) is 4.17. The van der Waals surface area contributed by atoms with Crippen LogP contribution in [-0.2, 0) is 17.2 Å². The van der Waals surface area contributed by atoms with E-state index >= 15 is 0 Å². The molecule has 4 aromatic rings. The highest BCUT2D eigenvalue weighted by Gasteiger charge is 2.27. The van der Waals surface area contributed by atoms with Gasteiger partial charge in [-0.05, 0) is 59.0 Å².